The van der Waals surface area contributed by atoms with Crippen molar-refractivity contribution in [3.05, 3.63) is 48.3 Å². The van der Waals surface area contributed by atoms with Crippen LogP contribution in [0.4, 0.5) is 5.69 Å². The molecule has 21 heavy (non-hydrogen) atoms. The molecule has 2 N–H and O–H groups in total. The minimum Gasteiger partial charge on any atom is -0.324 e. The zero-order valence-electron chi connectivity index (χ0n) is 12.0. The van der Waals surface area contributed by atoms with E-state index in [4.69, 9.17) is 0 Å². The number of fused-ring (bicyclic) bond motifs is 1. The Bertz CT molecular complexity index is 594. The van der Waals surface area contributed by atoms with E-state index in [1.165, 1.54) is 5.56 Å². The van der Waals surface area contributed by atoms with Crippen LogP contribution >= 0.6 is 0 Å². The molecule has 5 heteroatoms. The number of carbonyl (C=O) groups is 1. The molecule has 1 aromatic heterocycles. The summed E-state index contributed by atoms with van der Waals surface area (Å²) < 4.78 is 1.91. The Morgan fingerprint density at radius 2 is 2.24 bits per heavy atom. The van der Waals surface area contributed by atoms with Gasteiger partial charge in [-0.15, -0.1) is 0 Å². The largest absolute Gasteiger partial charge is 0.324 e. The summed E-state index contributed by atoms with van der Waals surface area (Å²) in [7, 11) is 0. The van der Waals surface area contributed by atoms with E-state index < -0.39 is 0 Å². The van der Waals surface area contributed by atoms with Gasteiger partial charge < -0.3 is 10.6 Å². The van der Waals surface area contributed by atoms with Crippen LogP contribution < -0.4 is 10.6 Å². The quantitative estimate of drug-likeness (QED) is 0.823. The highest BCUT2D eigenvalue weighted by Gasteiger charge is 2.22. The molecule has 1 unspecified atom stereocenters. The summed E-state index contributed by atoms with van der Waals surface area (Å²) in [6.45, 7) is 1.68. The predicted molar refractivity (Wildman–Crippen MR) is 82.0 cm³/mol. The summed E-state index contributed by atoms with van der Waals surface area (Å²) in [6.07, 6.45) is 6.45. The molecule has 110 valence electrons. The second kappa shape index (κ2) is 6.54. The van der Waals surface area contributed by atoms with Crippen molar-refractivity contribution in [2.45, 2.75) is 31.8 Å². The van der Waals surface area contributed by atoms with Crippen LogP contribution in [0, 0.1) is 0 Å². The van der Waals surface area contributed by atoms with Crippen molar-refractivity contribution in [2.24, 2.45) is 0 Å². The van der Waals surface area contributed by atoms with Crippen LogP contribution in [-0.2, 0) is 17.8 Å². The number of aryl methyl sites for hydroxylation is 2. The third-order valence-corrected chi connectivity index (χ3v) is 3.81. The van der Waals surface area contributed by atoms with E-state index in [1.807, 2.05) is 35.1 Å². The molecule has 0 radical (unpaired) electrons. The normalized spacial score (nSPS) is 17.9. The van der Waals surface area contributed by atoms with Crippen LogP contribution in [0.3, 0.4) is 0 Å². The summed E-state index contributed by atoms with van der Waals surface area (Å²) in [5.41, 5.74) is 2.16. The number of nitrogens with zero attached hydrogens (tertiary/aromatic N) is 2. The Hall–Kier alpha value is -2.14. The summed E-state index contributed by atoms with van der Waals surface area (Å²) >= 11 is 0. The number of para-hydroxylation sites is 1. The zero-order chi connectivity index (χ0) is 14.5. The second-order valence-electron chi connectivity index (χ2n) is 5.31. The standard InChI is InChI=1S/C16H20N4O/c21-16-15(17-9-3-11-20-12-4-10-18-20)8-7-13-5-1-2-6-14(13)19-16/h1-2,4-6,10,12,15,17H,3,7-9,11H2,(H,19,21). The summed E-state index contributed by atoms with van der Waals surface area (Å²) in [6, 6.07) is 9.82. The minimum atomic E-state index is -0.116. The van der Waals surface area contributed by atoms with E-state index in [0.717, 1.165) is 38.0 Å². The molecular weight excluding hydrogens is 264 g/mol. The van der Waals surface area contributed by atoms with E-state index in [2.05, 4.69) is 21.8 Å². The summed E-state index contributed by atoms with van der Waals surface area (Å²) in [5, 5.41) is 10.5. The van der Waals surface area contributed by atoms with Gasteiger partial charge in [-0.05, 0) is 43.5 Å². The van der Waals surface area contributed by atoms with E-state index in [1.54, 1.807) is 6.20 Å². The van der Waals surface area contributed by atoms with Gasteiger partial charge in [0.05, 0.1) is 6.04 Å². The van der Waals surface area contributed by atoms with Crippen LogP contribution in [0.2, 0.25) is 0 Å². The van der Waals surface area contributed by atoms with Gasteiger partial charge in [-0.2, -0.15) is 5.10 Å². The van der Waals surface area contributed by atoms with Crippen LogP contribution in [-0.4, -0.2) is 28.3 Å². The average molecular weight is 284 g/mol. The molecule has 1 aromatic carbocycles. The van der Waals surface area contributed by atoms with Gasteiger partial charge in [-0.25, -0.2) is 0 Å². The zero-order valence-corrected chi connectivity index (χ0v) is 12.0. The maximum absolute atomic E-state index is 12.2. The van der Waals surface area contributed by atoms with Gasteiger partial charge in [0.2, 0.25) is 5.91 Å². The molecule has 1 amide bonds. The number of benzene rings is 1. The number of nitrogens with one attached hydrogen (secondary N) is 2. The van der Waals surface area contributed by atoms with Crippen molar-refractivity contribution in [3.63, 3.8) is 0 Å². The molecule has 0 aliphatic carbocycles. The number of aromatic nitrogens is 2. The highest BCUT2D eigenvalue weighted by atomic mass is 16.2. The first-order valence-corrected chi connectivity index (χ1v) is 7.42. The topological polar surface area (TPSA) is 59.0 Å². The summed E-state index contributed by atoms with van der Waals surface area (Å²) in [4.78, 5) is 12.2. The molecule has 2 aromatic rings. The molecule has 1 aliphatic heterocycles. The number of hydrogen-bond acceptors (Lipinski definition) is 3. The number of anilines is 1. The lowest BCUT2D eigenvalue weighted by molar-refractivity contribution is -0.118. The van der Waals surface area contributed by atoms with Gasteiger partial charge in [0.25, 0.3) is 0 Å². The second-order valence-corrected chi connectivity index (χ2v) is 5.31. The van der Waals surface area contributed by atoms with Crippen LogP contribution in [0.15, 0.2) is 42.7 Å². The van der Waals surface area contributed by atoms with E-state index in [0.29, 0.717) is 0 Å². The molecule has 0 bridgehead atoms. The number of amides is 1. The highest BCUT2D eigenvalue weighted by Crippen LogP contribution is 2.21. The van der Waals surface area contributed by atoms with Crippen LogP contribution in [0.1, 0.15) is 18.4 Å². The van der Waals surface area contributed by atoms with Crippen molar-refractivity contribution in [1.82, 2.24) is 15.1 Å². The number of hydrogen-bond donors (Lipinski definition) is 2. The van der Waals surface area contributed by atoms with Crippen LogP contribution in [0.5, 0.6) is 0 Å². The molecule has 2 heterocycles. The fourth-order valence-corrected chi connectivity index (χ4v) is 2.66. The molecule has 0 spiro atoms. The molecule has 0 fully saturated rings. The Labute approximate surface area is 124 Å². The van der Waals surface area contributed by atoms with Gasteiger partial charge in [0.1, 0.15) is 0 Å². The Kier molecular flexibility index (Phi) is 4.31. The third-order valence-electron chi connectivity index (χ3n) is 3.81. The van der Waals surface area contributed by atoms with Crippen LogP contribution in [0.25, 0.3) is 0 Å². The van der Waals surface area contributed by atoms with E-state index >= 15 is 0 Å². The monoisotopic (exact) mass is 284 g/mol. The lowest BCUT2D eigenvalue weighted by atomic mass is 10.1. The molecule has 3 rings (SSSR count). The first-order valence-electron chi connectivity index (χ1n) is 7.42. The highest BCUT2D eigenvalue weighted by molar-refractivity contribution is 5.96. The lowest BCUT2D eigenvalue weighted by Crippen LogP contribution is -2.40. The molecule has 1 aliphatic rings. The molecule has 0 saturated heterocycles. The molecular formula is C16H20N4O. The van der Waals surface area contributed by atoms with Crippen molar-refractivity contribution in [2.75, 3.05) is 11.9 Å². The third kappa shape index (κ3) is 3.49. The maximum atomic E-state index is 12.2. The first kappa shape index (κ1) is 13.8. The minimum absolute atomic E-state index is 0.0686. The SMILES string of the molecule is O=C1Nc2ccccc2CCC1NCCCn1cccn1. The van der Waals surface area contributed by atoms with Gasteiger partial charge in [0, 0.05) is 24.6 Å². The lowest BCUT2D eigenvalue weighted by Gasteiger charge is -2.15. The molecule has 0 saturated carbocycles. The average Bonchev–Trinajstić information content (AvgIpc) is 2.95. The van der Waals surface area contributed by atoms with Crippen molar-refractivity contribution in [3.8, 4) is 0 Å². The van der Waals surface area contributed by atoms with E-state index in [-0.39, 0.29) is 11.9 Å². The summed E-state index contributed by atoms with van der Waals surface area (Å²) in [5.74, 6) is 0.0686. The Morgan fingerprint density at radius 1 is 1.33 bits per heavy atom. The smallest absolute Gasteiger partial charge is 0.241 e. The number of rotatable bonds is 5. The maximum Gasteiger partial charge on any atom is 0.241 e. The number of carbonyl (C=O) groups excluding carboxylic acids is 1. The Balaban J connectivity index is 1.49. The van der Waals surface area contributed by atoms with Gasteiger partial charge in [-0.3, -0.25) is 9.48 Å². The fraction of sp³-hybridized carbons (Fsp3) is 0.375. The first-order chi connectivity index (χ1) is 10.3. The predicted octanol–water partition coefficient (Wildman–Crippen LogP) is 1.82. The van der Waals surface area contributed by atoms with Crippen molar-refractivity contribution in [1.29, 1.82) is 0 Å². The van der Waals surface area contributed by atoms with Crippen molar-refractivity contribution < 1.29 is 4.79 Å². The van der Waals surface area contributed by atoms with Gasteiger partial charge >= 0.3 is 0 Å². The van der Waals surface area contributed by atoms with Crippen molar-refractivity contribution >= 4 is 11.6 Å². The van der Waals surface area contributed by atoms with E-state index in [9.17, 15) is 4.79 Å². The Morgan fingerprint density at radius 3 is 3.10 bits per heavy atom. The fourth-order valence-electron chi connectivity index (χ4n) is 2.66. The molecule has 5 nitrogen and oxygen atoms in total. The van der Waals surface area contributed by atoms with Gasteiger partial charge in [0.15, 0.2) is 0 Å². The molecule has 1 atom stereocenters. The van der Waals surface area contributed by atoms with Gasteiger partial charge in [-0.1, -0.05) is 18.2 Å².